The lowest BCUT2D eigenvalue weighted by atomic mass is 10.2. The lowest BCUT2D eigenvalue weighted by Crippen LogP contribution is -2.30. The number of hydrogen-bond donors (Lipinski definition) is 2. The van der Waals surface area contributed by atoms with E-state index in [1.807, 2.05) is 0 Å². The number of hydrogen-bond acceptors (Lipinski definition) is 8. The molecule has 1 aromatic carbocycles. The molecule has 0 aliphatic carbocycles. The molecule has 0 amide bonds. The zero-order valence-corrected chi connectivity index (χ0v) is 13.3. The van der Waals surface area contributed by atoms with Crippen molar-refractivity contribution in [1.82, 2.24) is 15.0 Å². The first-order valence-corrected chi connectivity index (χ1v) is 7.56. The van der Waals surface area contributed by atoms with Crippen molar-refractivity contribution >= 4 is 23.5 Å². The molecule has 1 unspecified atom stereocenters. The first kappa shape index (κ1) is 16.2. The fourth-order valence-electron chi connectivity index (χ4n) is 2.64. The minimum absolute atomic E-state index is 0.00354. The van der Waals surface area contributed by atoms with E-state index in [1.165, 1.54) is 13.2 Å². The van der Waals surface area contributed by atoms with Gasteiger partial charge in [-0.05, 0) is 25.0 Å². The molecule has 2 heterocycles. The Morgan fingerprint density at radius 1 is 1.29 bits per heavy atom. The molecule has 1 saturated heterocycles. The van der Waals surface area contributed by atoms with E-state index < -0.39 is 5.82 Å². The Labute approximate surface area is 138 Å². The Morgan fingerprint density at radius 2 is 2.04 bits per heavy atom. The van der Waals surface area contributed by atoms with E-state index in [9.17, 15) is 4.39 Å². The van der Waals surface area contributed by atoms with Crippen LogP contribution in [0.5, 0.6) is 5.75 Å². The maximum atomic E-state index is 14.1. The van der Waals surface area contributed by atoms with E-state index in [-0.39, 0.29) is 29.7 Å². The van der Waals surface area contributed by atoms with Crippen LogP contribution in [-0.2, 0) is 4.74 Å². The highest BCUT2D eigenvalue weighted by molar-refractivity contribution is 5.60. The first-order chi connectivity index (χ1) is 11.6. The average Bonchev–Trinajstić information content (AvgIpc) is 3.04. The molecule has 3 rings (SSSR count). The highest BCUT2D eigenvalue weighted by Gasteiger charge is 2.23. The summed E-state index contributed by atoms with van der Waals surface area (Å²) in [5, 5.41) is 0. The number of methoxy groups -OCH3 is 1. The van der Waals surface area contributed by atoms with Gasteiger partial charge in [-0.3, -0.25) is 0 Å². The van der Waals surface area contributed by atoms with Crippen LogP contribution in [0.15, 0.2) is 18.2 Å². The third kappa shape index (κ3) is 3.46. The van der Waals surface area contributed by atoms with Crippen molar-refractivity contribution in [2.24, 2.45) is 0 Å². The van der Waals surface area contributed by atoms with Crippen LogP contribution >= 0.6 is 0 Å². The number of aromatic nitrogens is 3. The average molecular weight is 334 g/mol. The van der Waals surface area contributed by atoms with Gasteiger partial charge in [-0.15, -0.1) is 0 Å². The molecule has 1 aromatic heterocycles. The number of anilines is 4. The van der Waals surface area contributed by atoms with Crippen molar-refractivity contribution in [3.8, 4) is 5.75 Å². The van der Waals surface area contributed by atoms with Gasteiger partial charge < -0.3 is 25.8 Å². The van der Waals surface area contributed by atoms with Gasteiger partial charge in [0.1, 0.15) is 0 Å². The van der Waals surface area contributed by atoms with Crippen LogP contribution in [0.4, 0.5) is 27.9 Å². The largest absolute Gasteiger partial charge is 0.494 e. The predicted octanol–water partition coefficient (Wildman–Crippen LogP) is 1.50. The summed E-state index contributed by atoms with van der Waals surface area (Å²) in [6.07, 6.45) is 1.89. The van der Waals surface area contributed by atoms with E-state index in [0.29, 0.717) is 18.8 Å². The highest BCUT2D eigenvalue weighted by atomic mass is 19.1. The van der Waals surface area contributed by atoms with E-state index in [2.05, 4.69) is 15.0 Å². The molecule has 1 aliphatic heterocycles. The Balaban J connectivity index is 1.98. The van der Waals surface area contributed by atoms with Gasteiger partial charge in [0.15, 0.2) is 11.6 Å². The van der Waals surface area contributed by atoms with Crippen LogP contribution in [0.2, 0.25) is 0 Å². The second-order valence-electron chi connectivity index (χ2n) is 5.42. The number of nitrogens with zero attached hydrogens (tertiary/aromatic N) is 4. The fraction of sp³-hybridized carbons (Fsp3) is 0.400. The van der Waals surface area contributed by atoms with E-state index >= 15 is 0 Å². The summed E-state index contributed by atoms with van der Waals surface area (Å²) in [6.45, 7) is 1.16. The van der Waals surface area contributed by atoms with Gasteiger partial charge in [0.25, 0.3) is 0 Å². The van der Waals surface area contributed by atoms with E-state index in [0.717, 1.165) is 12.8 Å². The highest BCUT2D eigenvalue weighted by Crippen LogP contribution is 2.29. The summed E-state index contributed by atoms with van der Waals surface area (Å²) in [5.41, 5.74) is 11.9. The number of nitrogen functional groups attached to an aromatic ring is 2. The van der Waals surface area contributed by atoms with Crippen LogP contribution in [0.1, 0.15) is 12.8 Å². The molecule has 0 bridgehead atoms. The molecule has 8 nitrogen and oxygen atoms in total. The van der Waals surface area contributed by atoms with Gasteiger partial charge in [0.05, 0.1) is 19.8 Å². The fourth-order valence-corrected chi connectivity index (χ4v) is 2.64. The van der Waals surface area contributed by atoms with Gasteiger partial charge in [-0.25, -0.2) is 4.39 Å². The smallest absolute Gasteiger partial charge is 0.236 e. The molecule has 0 saturated carbocycles. The van der Waals surface area contributed by atoms with Crippen LogP contribution in [-0.4, -0.2) is 41.3 Å². The summed E-state index contributed by atoms with van der Waals surface area (Å²) < 4.78 is 24.7. The van der Waals surface area contributed by atoms with Crippen LogP contribution in [0.3, 0.4) is 0 Å². The summed E-state index contributed by atoms with van der Waals surface area (Å²) in [6, 6.07) is 4.61. The van der Waals surface area contributed by atoms with Gasteiger partial charge >= 0.3 is 0 Å². The van der Waals surface area contributed by atoms with Crippen molar-refractivity contribution in [2.75, 3.05) is 36.6 Å². The second-order valence-corrected chi connectivity index (χ2v) is 5.42. The molecule has 2 aromatic rings. The SMILES string of the molecule is COc1ccc(N(CC2CCCO2)c2nc(N)nc(N)n2)cc1F. The molecule has 128 valence electrons. The lowest BCUT2D eigenvalue weighted by molar-refractivity contribution is 0.117. The Bertz CT molecular complexity index is 703. The third-order valence-corrected chi connectivity index (χ3v) is 3.76. The monoisotopic (exact) mass is 334 g/mol. The van der Waals surface area contributed by atoms with Crippen LogP contribution in [0, 0.1) is 5.82 Å². The first-order valence-electron chi connectivity index (χ1n) is 7.56. The van der Waals surface area contributed by atoms with E-state index in [1.54, 1.807) is 17.0 Å². The van der Waals surface area contributed by atoms with Crippen molar-refractivity contribution in [1.29, 1.82) is 0 Å². The second kappa shape index (κ2) is 6.83. The number of halogens is 1. The molecule has 1 atom stereocenters. The van der Waals surface area contributed by atoms with Crippen molar-refractivity contribution in [2.45, 2.75) is 18.9 Å². The van der Waals surface area contributed by atoms with Gasteiger partial charge in [-0.2, -0.15) is 15.0 Å². The Kier molecular flexibility index (Phi) is 4.61. The molecule has 0 radical (unpaired) electrons. The van der Waals surface area contributed by atoms with Gasteiger partial charge in [-0.1, -0.05) is 0 Å². The molecule has 1 aliphatic rings. The number of rotatable bonds is 5. The third-order valence-electron chi connectivity index (χ3n) is 3.76. The summed E-state index contributed by atoms with van der Waals surface area (Å²) in [5.74, 6) is -0.0689. The van der Waals surface area contributed by atoms with Crippen LogP contribution < -0.4 is 21.1 Å². The topological polar surface area (TPSA) is 112 Å². The molecular weight excluding hydrogens is 315 g/mol. The minimum atomic E-state index is -0.484. The van der Waals surface area contributed by atoms with Gasteiger partial charge in [0.2, 0.25) is 17.8 Å². The predicted molar refractivity (Wildman–Crippen MR) is 87.6 cm³/mol. The maximum absolute atomic E-state index is 14.1. The quantitative estimate of drug-likeness (QED) is 0.846. The molecule has 9 heteroatoms. The normalized spacial score (nSPS) is 17.0. The zero-order chi connectivity index (χ0) is 17.1. The summed E-state index contributed by atoms with van der Waals surface area (Å²) in [4.78, 5) is 13.7. The van der Waals surface area contributed by atoms with Gasteiger partial charge in [0, 0.05) is 18.4 Å². The standard InChI is InChI=1S/C15H19FN6O2/c1-23-12-5-4-9(7-11(12)16)22(8-10-3-2-6-24-10)15-20-13(17)19-14(18)21-15/h4-5,7,10H,2-3,6,8H2,1H3,(H4,17,18,19,20,21). The lowest BCUT2D eigenvalue weighted by Gasteiger charge is -2.26. The maximum Gasteiger partial charge on any atom is 0.236 e. The Morgan fingerprint density at radius 3 is 2.62 bits per heavy atom. The molecule has 4 N–H and O–H groups in total. The van der Waals surface area contributed by atoms with E-state index in [4.69, 9.17) is 20.9 Å². The molecular formula is C15H19FN6O2. The molecule has 24 heavy (non-hydrogen) atoms. The Hall–Kier alpha value is -2.68. The van der Waals surface area contributed by atoms with Crippen molar-refractivity contribution < 1.29 is 13.9 Å². The van der Waals surface area contributed by atoms with Crippen molar-refractivity contribution in [3.05, 3.63) is 24.0 Å². The minimum Gasteiger partial charge on any atom is -0.494 e. The number of benzene rings is 1. The molecule has 0 spiro atoms. The van der Waals surface area contributed by atoms with Crippen LogP contribution in [0.25, 0.3) is 0 Å². The summed E-state index contributed by atoms with van der Waals surface area (Å²) in [7, 11) is 1.41. The number of ether oxygens (including phenoxy) is 2. The van der Waals surface area contributed by atoms with Crippen molar-refractivity contribution in [3.63, 3.8) is 0 Å². The zero-order valence-electron chi connectivity index (χ0n) is 13.3. The molecule has 1 fully saturated rings. The number of nitrogens with two attached hydrogens (primary N) is 2. The summed E-state index contributed by atoms with van der Waals surface area (Å²) >= 11 is 0.